The molecule has 1 unspecified atom stereocenters. The Morgan fingerprint density at radius 2 is 2.17 bits per heavy atom. The number of nitrogens with zero attached hydrogens (tertiary/aromatic N) is 4. The van der Waals surface area contributed by atoms with Crippen LogP contribution in [0.1, 0.15) is 43.4 Å². The van der Waals surface area contributed by atoms with Crippen molar-refractivity contribution in [2.75, 3.05) is 13.2 Å². The zero-order chi connectivity index (χ0) is 21.9. The lowest BCUT2D eigenvalue weighted by molar-refractivity contribution is 0.0204. The van der Waals surface area contributed by atoms with Gasteiger partial charge in [0.15, 0.2) is 0 Å². The maximum atomic E-state index is 13.4. The Kier molecular flexibility index (Phi) is 6.01. The van der Waals surface area contributed by atoms with Crippen molar-refractivity contribution in [2.45, 2.75) is 44.9 Å². The van der Waals surface area contributed by atoms with Crippen molar-refractivity contribution in [3.05, 3.63) is 35.7 Å². The third-order valence-corrected chi connectivity index (χ3v) is 4.41. The number of alkyl halides is 1. The Balaban J connectivity index is 1.66. The lowest BCUT2D eigenvalue weighted by Gasteiger charge is -2.27. The van der Waals surface area contributed by atoms with Crippen LogP contribution in [0.15, 0.2) is 28.7 Å². The molecule has 10 heteroatoms. The van der Waals surface area contributed by atoms with Gasteiger partial charge in [0.25, 0.3) is 0 Å². The van der Waals surface area contributed by atoms with Gasteiger partial charge < -0.3 is 19.4 Å². The minimum Gasteiger partial charge on any atom is -0.444 e. The summed E-state index contributed by atoms with van der Waals surface area (Å²) >= 11 is 0. The molecule has 1 aliphatic rings. The maximum absolute atomic E-state index is 13.4. The number of likely N-dealkylation sites (tertiary alicyclic amines) is 1. The fourth-order valence-corrected chi connectivity index (χ4v) is 3.11. The highest BCUT2D eigenvalue weighted by molar-refractivity contribution is 5.90. The first-order valence-electron chi connectivity index (χ1n) is 9.40. The molecule has 1 fully saturated rings. The van der Waals surface area contributed by atoms with Gasteiger partial charge in [-0.25, -0.2) is 9.18 Å². The number of rotatable bonds is 4. The maximum Gasteiger partial charge on any atom is 0.410 e. The molecule has 0 aliphatic carbocycles. The first-order valence-corrected chi connectivity index (χ1v) is 9.40. The summed E-state index contributed by atoms with van der Waals surface area (Å²) in [4.78, 5) is 26.1. The highest BCUT2D eigenvalue weighted by Crippen LogP contribution is 2.23. The molecule has 9 nitrogen and oxygen atoms in total. The second-order valence-corrected chi connectivity index (χ2v) is 7.95. The zero-order valence-corrected chi connectivity index (χ0v) is 16.9. The van der Waals surface area contributed by atoms with Gasteiger partial charge in [-0.3, -0.25) is 4.79 Å². The van der Waals surface area contributed by atoms with Crippen LogP contribution in [0.2, 0.25) is 0 Å². The van der Waals surface area contributed by atoms with E-state index in [0.717, 1.165) is 0 Å². The molecule has 3 rings (SSSR count). The van der Waals surface area contributed by atoms with E-state index in [-0.39, 0.29) is 24.7 Å². The van der Waals surface area contributed by atoms with Gasteiger partial charge in [-0.2, -0.15) is 5.26 Å². The highest BCUT2D eigenvalue weighted by Gasteiger charge is 2.38. The fourth-order valence-electron chi connectivity index (χ4n) is 3.11. The molecule has 0 spiro atoms. The Hall–Kier alpha value is -3.48. The van der Waals surface area contributed by atoms with E-state index in [1.165, 1.54) is 4.90 Å². The average Bonchev–Trinajstić information content (AvgIpc) is 3.34. The molecule has 1 N–H and O–H groups in total. The van der Waals surface area contributed by atoms with Crippen LogP contribution in [-0.4, -0.2) is 58.0 Å². The van der Waals surface area contributed by atoms with Gasteiger partial charge >= 0.3 is 17.9 Å². The summed E-state index contributed by atoms with van der Waals surface area (Å²) in [6.45, 7) is 4.55. The minimum atomic E-state index is -0.744. The van der Waals surface area contributed by atoms with Crippen LogP contribution in [-0.2, 0) is 4.74 Å². The summed E-state index contributed by atoms with van der Waals surface area (Å²) in [6.07, 6.45) is -0.383. The van der Waals surface area contributed by atoms with Gasteiger partial charge in [0.2, 0.25) is 5.89 Å². The first-order chi connectivity index (χ1) is 14.2. The van der Waals surface area contributed by atoms with Crippen molar-refractivity contribution in [1.29, 1.82) is 5.26 Å². The van der Waals surface area contributed by atoms with Crippen molar-refractivity contribution in [3.8, 4) is 17.5 Å². The van der Waals surface area contributed by atoms with Crippen molar-refractivity contribution in [2.24, 2.45) is 0 Å². The number of benzene rings is 1. The number of carbonyl (C=O) groups excluding carboxylic acids is 2. The number of aromatic nitrogens is 2. The quantitative estimate of drug-likeness (QED) is 0.815. The fraction of sp³-hybridized carbons (Fsp3) is 0.450. The van der Waals surface area contributed by atoms with Crippen molar-refractivity contribution < 1.29 is 23.1 Å². The normalized spacial score (nSPS) is 18.7. The number of nitrogens with one attached hydrogen (secondary N) is 1. The molecule has 0 bridgehead atoms. The minimum absolute atomic E-state index is 0.0979. The SMILES string of the molecule is CC(C)(C)OC(=O)N1CC(NC(=O)c2nnc(-c3cccc(C#N)c3)o2)C[C@@H]1CF. The Morgan fingerprint density at radius 1 is 1.40 bits per heavy atom. The van der Waals surface area contributed by atoms with Gasteiger partial charge in [0.05, 0.1) is 17.7 Å². The molecule has 0 saturated carbocycles. The number of amides is 2. The third-order valence-electron chi connectivity index (χ3n) is 4.41. The van der Waals surface area contributed by atoms with Crippen LogP contribution in [0.4, 0.5) is 9.18 Å². The molecular weight excluding hydrogens is 393 g/mol. The number of ether oxygens (including phenoxy) is 1. The van der Waals surface area contributed by atoms with E-state index in [4.69, 9.17) is 14.4 Å². The van der Waals surface area contributed by atoms with Crippen LogP contribution >= 0.6 is 0 Å². The second-order valence-electron chi connectivity index (χ2n) is 7.95. The van der Waals surface area contributed by atoms with E-state index in [1.807, 2.05) is 6.07 Å². The molecule has 1 aliphatic heterocycles. The average molecular weight is 415 g/mol. The lowest BCUT2D eigenvalue weighted by Crippen LogP contribution is -2.42. The topological polar surface area (TPSA) is 121 Å². The zero-order valence-electron chi connectivity index (χ0n) is 16.9. The summed E-state index contributed by atoms with van der Waals surface area (Å²) in [5, 5.41) is 19.3. The van der Waals surface area contributed by atoms with E-state index < -0.39 is 36.4 Å². The van der Waals surface area contributed by atoms with Gasteiger partial charge in [-0.1, -0.05) is 6.07 Å². The van der Waals surface area contributed by atoms with E-state index >= 15 is 0 Å². The van der Waals surface area contributed by atoms with E-state index in [0.29, 0.717) is 11.1 Å². The molecule has 1 aromatic heterocycles. The Labute approximate surface area is 172 Å². The molecule has 2 amide bonds. The molecule has 158 valence electrons. The number of hydrogen-bond acceptors (Lipinski definition) is 7. The number of nitriles is 1. The highest BCUT2D eigenvalue weighted by atomic mass is 19.1. The molecule has 2 atom stereocenters. The van der Waals surface area contributed by atoms with Gasteiger partial charge in [-0.15, -0.1) is 10.2 Å². The van der Waals surface area contributed by atoms with Gasteiger partial charge in [-0.05, 0) is 45.4 Å². The lowest BCUT2D eigenvalue weighted by atomic mass is 10.1. The number of halogens is 1. The largest absolute Gasteiger partial charge is 0.444 e. The van der Waals surface area contributed by atoms with Crippen molar-refractivity contribution in [1.82, 2.24) is 20.4 Å². The van der Waals surface area contributed by atoms with Gasteiger partial charge in [0, 0.05) is 18.2 Å². The Morgan fingerprint density at radius 3 is 2.83 bits per heavy atom. The number of carbonyl (C=O) groups is 2. The molecule has 2 heterocycles. The van der Waals surface area contributed by atoms with E-state index in [9.17, 15) is 14.0 Å². The second kappa shape index (κ2) is 8.49. The van der Waals surface area contributed by atoms with Crippen molar-refractivity contribution >= 4 is 12.0 Å². The number of hydrogen-bond donors (Lipinski definition) is 1. The van der Waals surface area contributed by atoms with Crippen LogP contribution in [0.3, 0.4) is 0 Å². The van der Waals surface area contributed by atoms with E-state index in [2.05, 4.69) is 15.5 Å². The molecular formula is C20H22FN5O4. The predicted octanol–water partition coefficient (Wildman–Crippen LogP) is 2.69. The summed E-state index contributed by atoms with van der Waals surface area (Å²) < 4.78 is 24.1. The van der Waals surface area contributed by atoms with Crippen LogP contribution in [0, 0.1) is 11.3 Å². The Bertz CT molecular complexity index is 978. The molecule has 0 radical (unpaired) electrons. The molecule has 2 aromatic rings. The smallest absolute Gasteiger partial charge is 0.410 e. The molecule has 1 saturated heterocycles. The first kappa shape index (κ1) is 21.2. The monoisotopic (exact) mass is 415 g/mol. The van der Waals surface area contributed by atoms with E-state index in [1.54, 1.807) is 45.0 Å². The van der Waals surface area contributed by atoms with Crippen LogP contribution in [0.5, 0.6) is 0 Å². The summed E-state index contributed by atoms with van der Waals surface area (Å²) in [5.41, 5.74) is 0.222. The van der Waals surface area contributed by atoms with Crippen LogP contribution < -0.4 is 5.32 Å². The molecule has 30 heavy (non-hydrogen) atoms. The summed E-state index contributed by atoms with van der Waals surface area (Å²) in [7, 11) is 0. The third kappa shape index (κ3) is 4.92. The van der Waals surface area contributed by atoms with Gasteiger partial charge in [0.1, 0.15) is 12.3 Å². The summed E-state index contributed by atoms with van der Waals surface area (Å²) in [5.74, 6) is -0.792. The standard InChI is InChI=1S/C20H22FN5O4/c1-20(2,3)30-19(28)26-11-14(8-15(26)9-21)23-16(27)18-25-24-17(29-18)13-6-4-5-12(7-13)10-22/h4-7,14-15H,8-9,11H2,1-3H3,(H,23,27)/t14?,15-/m1/s1. The summed E-state index contributed by atoms with van der Waals surface area (Å²) in [6, 6.07) is 7.38. The molecule has 1 aromatic carbocycles. The van der Waals surface area contributed by atoms with Crippen molar-refractivity contribution in [3.63, 3.8) is 0 Å². The van der Waals surface area contributed by atoms with Crippen LogP contribution in [0.25, 0.3) is 11.5 Å². The predicted molar refractivity (Wildman–Crippen MR) is 103 cm³/mol.